The molecule has 0 bridgehead atoms. The summed E-state index contributed by atoms with van der Waals surface area (Å²) in [5, 5.41) is 9.12. The maximum absolute atomic E-state index is 9.12. The molecule has 2 aromatic rings. The zero-order chi connectivity index (χ0) is 11.6. The van der Waals surface area contributed by atoms with Crippen molar-refractivity contribution in [3.63, 3.8) is 0 Å². The molecule has 0 saturated heterocycles. The molecule has 0 unspecified atom stereocenters. The highest BCUT2D eigenvalue weighted by molar-refractivity contribution is 5.37. The van der Waals surface area contributed by atoms with Crippen molar-refractivity contribution in [3.8, 4) is 11.5 Å². The minimum atomic E-state index is 0.198. The molecule has 2 aromatic carbocycles. The summed E-state index contributed by atoms with van der Waals surface area (Å²) < 4.78 is 5.09. The first-order valence-corrected chi connectivity index (χ1v) is 5.25. The highest BCUT2D eigenvalue weighted by Gasteiger charge is 1.96. The first-order valence-electron chi connectivity index (χ1n) is 5.25. The Morgan fingerprint density at radius 2 is 1.38 bits per heavy atom. The largest absolute Gasteiger partial charge is 0.504 e. The Hall–Kier alpha value is -1.96. The predicted molar refractivity (Wildman–Crippen MR) is 65.7 cm³/mol. The molecule has 0 aromatic heterocycles. The SMILES string of the molecule is CCOc1ccccc1O.c1ccccc1. The molecule has 16 heavy (non-hydrogen) atoms. The van der Waals surface area contributed by atoms with E-state index in [1.165, 1.54) is 0 Å². The molecule has 0 fully saturated rings. The summed E-state index contributed by atoms with van der Waals surface area (Å²) in [6, 6.07) is 18.9. The second-order valence-corrected chi connectivity index (χ2v) is 3.06. The van der Waals surface area contributed by atoms with Gasteiger partial charge in [-0.1, -0.05) is 48.5 Å². The van der Waals surface area contributed by atoms with E-state index in [9.17, 15) is 0 Å². The smallest absolute Gasteiger partial charge is 0.160 e. The first-order chi connectivity index (χ1) is 7.84. The number of hydrogen-bond donors (Lipinski definition) is 1. The second kappa shape index (κ2) is 7.35. The van der Waals surface area contributed by atoms with Gasteiger partial charge < -0.3 is 9.84 Å². The van der Waals surface area contributed by atoms with Crippen LogP contribution in [0, 0.1) is 0 Å². The molecule has 0 heterocycles. The molecule has 0 aliphatic heterocycles. The molecule has 1 N–H and O–H groups in total. The summed E-state index contributed by atoms with van der Waals surface area (Å²) in [6.45, 7) is 2.46. The lowest BCUT2D eigenvalue weighted by Crippen LogP contribution is -1.90. The van der Waals surface area contributed by atoms with Crippen molar-refractivity contribution in [2.24, 2.45) is 0 Å². The van der Waals surface area contributed by atoms with E-state index in [1.807, 2.05) is 49.4 Å². The lowest BCUT2D eigenvalue weighted by molar-refractivity contribution is 0.318. The number of phenolic OH excluding ortho intramolecular Hbond substituents is 1. The summed E-state index contributed by atoms with van der Waals surface area (Å²) in [7, 11) is 0. The van der Waals surface area contributed by atoms with Crippen molar-refractivity contribution >= 4 is 0 Å². The van der Waals surface area contributed by atoms with Crippen LogP contribution < -0.4 is 4.74 Å². The van der Waals surface area contributed by atoms with Crippen LogP contribution in [0.15, 0.2) is 60.7 Å². The van der Waals surface area contributed by atoms with Gasteiger partial charge in [0.05, 0.1) is 6.61 Å². The number of phenols is 1. The van der Waals surface area contributed by atoms with Gasteiger partial charge in [0.15, 0.2) is 11.5 Å². The average Bonchev–Trinajstić information content (AvgIpc) is 2.35. The van der Waals surface area contributed by atoms with Crippen molar-refractivity contribution in [1.29, 1.82) is 0 Å². The van der Waals surface area contributed by atoms with E-state index in [4.69, 9.17) is 9.84 Å². The Labute approximate surface area is 96.1 Å². The van der Waals surface area contributed by atoms with Gasteiger partial charge in [0.25, 0.3) is 0 Å². The first kappa shape index (κ1) is 12.1. The Balaban J connectivity index is 0.000000181. The second-order valence-electron chi connectivity index (χ2n) is 3.06. The number of benzene rings is 2. The maximum atomic E-state index is 9.12. The van der Waals surface area contributed by atoms with Crippen LogP contribution >= 0.6 is 0 Å². The van der Waals surface area contributed by atoms with E-state index in [0.717, 1.165) is 0 Å². The third kappa shape index (κ3) is 4.51. The van der Waals surface area contributed by atoms with Gasteiger partial charge in [-0.25, -0.2) is 0 Å². The predicted octanol–water partition coefficient (Wildman–Crippen LogP) is 3.48. The zero-order valence-electron chi connectivity index (χ0n) is 9.34. The van der Waals surface area contributed by atoms with E-state index in [1.54, 1.807) is 18.2 Å². The summed E-state index contributed by atoms with van der Waals surface area (Å²) in [4.78, 5) is 0. The fourth-order valence-electron chi connectivity index (χ4n) is 1.12. The average molecular weight is 216 g/mol. The molecule has 2 nitrogen and oxygen atoms in total. The highest BCUT2D eigenvalue weighted by atomic mass is 16.5. The fourth-order valence-corrected chi connectivity index (χ4v) is 1.12. The quantitative estimate of drug-likeness (QED) is 0.832. The van der Waals surface area contributed by atoms with Gasteiger partial charge >= 0.3 is 0 Å². The van der Waals surface area contributed by atoms with Crippen molar-refractivity contribution in [1.82, 2.24) is 0 Å². The minimum absolute atomic E-state index is 0.198. The molecule has 0 spiro atoms. The molecule has 0 radical (unpaired) electrons. The van der Waals surface area contributed by atoms with E-state index >= 15 is 0 Å². The van der Waals surface area contributed by atoms with Crippen LogP contribution in [-0.2, 0) is 0 Å². The van der Waals surface area contributed by atoms with E-state index in [0.29, 0.717) is 12.4 Å². The molecule has 2 heteroatoms. The van der Waals surface area contributed by atoms with Gasteiger partial charge in [0, 0.05) is 0 Å². The molecule has 0 aliphatic rings. The lowest BCUT2D eigenvalue weighted by Gasteiger charge is -2.02. The zero-order valence-corrected chi connectivity index (χ0v) is 9.34. The van der Waals surface area contributed by atoms with Crippen LogP contribution in [0.1, 0.15) is 6.92 Å². The Morgan fingerprint density at radius 1 is 0.875 bits per heavy atom. The Bertz CT molecular complexity index is 358. The molecule has 0 aliphatic carbocycles. The van der Waals surface area contributed by atoms with Gasteiger partial charge in [-0.3, -0.25) is 0 Å². The molecule has 2 rings (SSSR count). The standard InChI is InChI=1S/C8H10O2.C6H6/c1-2-10-8-6-4-3-5-7(8)9;1-2-4-6-5-3-1/h3-6,9H,2H2,1H3;1-6H. The van der Waals surface area contributed by atoms with Gasteiger partial charge in [-0.15, -0.1) is 0 Å². The van der Waals surface area contributed by atoms with Crippen LogP contribution in [0.4, 0.5) is 0 Å². The normalized spacial score (nSPS) is 8.81. The lowest BCUT2D eigenvalue weighted by atomic mass is 10.3. The van der Waals surface area contributed by atoms with Crippen molar-refractivity contribution < 1.29 is 9.84 Å². The maximum Gasteiger partial charge on any atom is 0.160 e. The molecular formula is C14H16O2. The van der Waals surface area contributed by atoms with E-state index in [2.05, 4.69) is 0 Å². The summed E-state index contributed by atoms with van der Waals surface area (Å²) >= 11 is 0. The third-order valence-electron chi connectivity index (χ3n) is 1.83. The number of rotatable bonds is 2. The number of para-hydroxylation sites is 2. The Kier molecular flexibility index (Phi) is 5.56. The summed E-state index contributed by atoms with van der Waals surface area (Å²) in [5.41, 5.74) is 0. The monoisotopic (exact) mass is 216 g/mol. The van der Waals surface area contributed by atoms with Gasteiger partial charge in [0.2, 0.25) is 0 Å². The Morgan fingerprint density at radius 3 is 1.81 bits per heavy atom. The third-order valence-corrected chi connectivity index (χ3v) is 1.83. The van der Waals surface area contributed by atoms with E-state index in [-0.39, 0.29) is 5.75 Å². The van der Waals surface area contributed by atoms with E-state index < -0.39 is 0 Å². The number of aromatic hydroxyl groups is 1. The van der Waals surface area contributed by atoms with Crippen LogP contribution in [-0.4, -0.2) is 11.7 Å². The molecule has 0 atom stereocenters. The van der Waals surface area contributed by atoms with Crippen LogP contribution in [0.2, 0.25) is 0 Å². The summed E-state index contributed by atoms with van der Waals surface area (Å²) in [6.07, 6.45) is 0. The molecule has 84 valence electrons. The highest BCUT2D eigenvalue weighted by Crippen LogP contribution is 2.23. The summed E-state index contributed by atoms with van der Waals surface area (Å²) in [5.74, 6) is 0.745. The van der Waals surface area contributed by atoms with Crippen LogP contribution in [0.5, 0.6) is 11.5 Å². The topological polar surface area (TPSA) is 29.5 Å². The molecule has 0 amide bonds. The van der Waals surface area contributed by atoms with Gasteiger partial charge in [-0.2, -0.15) is 0 Å². The number of ether oxygens (including phenoxy) is 1. The molecule has 0 saturated carbocycles. The van der Waals surface area contributed by atoms with Gasteiger partial charge in [0.1, 0.15) is 0 Å². The fraction of sp³-hybridized carbons (Fsp3) is 0.143. The minimum Gasteiger partial charge on any atom is -0.504 e. The molecular weight excluding hydrogens is 200 g/mol. The van der Waals surface area contributed by atoms with Crippen LogP contribution in [0.3, 0.4) is 0 Å². The number of hydrogen-bond acceptors (Lipinski definition) is 2. The van der Waals surface area contributed by atoms with Crippen molar-refractivity contribution in [3.05, 3.63) is 60.7 Å². The van der Waals surface area contributed by atoms with Crippen LogP contribution in [0.25, 0.3) is 0 Å². The van der Waals surface area contributed by atoms with Crippen molar-refractivity contribution in [2.45, 2.75) is 6.92 Å². The van der Waals surface area contributed by atoms with Gasteiger partial charge in [-0.05, 0) is 19.1 Å². The van der Waals surface area contributed by atoms with Crippen molar-refractivity contribution in [2.75, 3.05) is 6.61 Å².